The summed E-state index contributed by atoms with van der Waals surface area (Å²) in [6.45, 7) is 2.08. The quantitative estimate of drug-likeness (QED) is 0.755. The van der Waals surface area contributed by atoms with Crippen molar-refractivity contribution in [3.63, 3.8) is 0 Å². The van der Waals surface area contributed by atoms with Crippen LogP contribution in [0.15, 0.2) is 29.2 Å². The highest BCUT2D eigenvalue weighted by atomic mass is 32.2. The van der Waals surface area contributed by atoms with Crippen molar-refractivity contribution < 1.29 is 4.21 Å². The zero-order valence-electron chi connectivity index (χ0n) is 7.33. The second-order valence-electron chi connectivity index (χ2n) is 2.47. The zero-order valence-corrected chi connectivity index (χ0v) is 8.15. The number of hydrogen-bond acceptors (Lipinski definition) is 1. The van der Waals surface area contributed by atoms with Gasteiger partial charge in [-0.1, -0.05) is 19.1 Å². The van der Waals surface area contributed by atoms with E-state index in [2.05, 4.69) is 11.6 Å². The van der Waals surface area contributed by atoms with Gasteiger partial charge < -0.3 is 0 Å². The summed E-state index contributed by atoms with van der Waals surface area (Å²) in [6, 6.07) is 7.80. The van der Waals surface area contributed by atoms with E-state index in [1.807, 2.05) is 24.3 Å². The van der Waals surface area contributed by atoms with Gasteiger partial charge in [-0.15, -0.1) is 0 Å². The SMILES string of the molecule is CCc1cccc(S(=O)NC)c1. The summed E-state index contributed by atoms with van der Waals surface area (Å²) >= 11 is 0. The summed E-state index contributed by atoms with van der Waals surface area (Å²) in [6.07, 6.45) is 0.981. The minimum atomic E-state index is -1.05. The average molecular weight is 183 g/mol. The van der Waals surface area contributed by atoms with Gasteiger partial charge in [0.2, 0.25) is 0 Å². The Morgan fingerprint density at radius 3 is 2.83 bits per heavy atom. The molecule has 0 heterocycles. The Morgan fingerprint density at radius 1 is 1.50 bits per heavy atom. The first kappa shape index (κ1) is 9.42. The number of rotatable bonds is 3. The topological polar surface area (TPSA) is 29.1 Å². The van der Waals surface area contributed by atoms with Crippen molar-refractivity contribution in [2.75, 3.05) is 7.05 Å². The molecular formula is C9H13NOS. The molecule has 3 heteroatoms. The molecule has 66 valence electrons. The molecule has 2 nitrogen and oxygen atoms in total. The maximum absolute atomic E-state index is 11.3. The molecule has 0 spiro atoms. The summed E-state index contributed by atoms with van der Waals surface area (Å²) in [5.41, 5.74) is 1.22. The van der Waals surface area contributed by atoms with Gasteiger partial charge in [-0.05, 0) is 31.2 Å². The van der Waals surface area contributed by atoms with Crippen LogP contribution in [0.2, 0.25) is 0 Å². The lowest BCUT2D eigenvalue weighted by molar-refractivity contribution is 0.678. The number of hydrogen-bond donors (Lipinski definition) is 1. The second kappa shape index (κ2) is 4.38. The molecule has 0 aliphatic heterocycles. The third-order valence-corrected chi connectivity index (χ3v) is 2.76. The van der Waals surface area contributed by atoms with Crippen LogP contribution in [0.3, 0.4) is 0 Å². The molecule has 0 bridgehead atoms. The lowest BCUT2D eigenvalue weighted by Gasteiger charge is -2.01. The molecule has 1 unspecified atom stereocenters. The lowest BCUT2D eigenvalue weighted by Crippen LogP contribution is -2.10. The highest BCUT2D eigenvalue weighted by Crippen LogP contribution is 2.08. The summed E-state index contributed by atoms with van der Waals surface area (Å²) in [7, 11) is 0.637. The van der Waals surface area contributed by atoms with Crippen molar-refractivity contribution in [2.45, 2.75) is 18.2 Å². The normalized spacial score (nSPS) is 12.8. The Hall–Kier alpha value is -0.670. The van der Waals surface area contributed by atoms with Crippen LogP contribution in [0, 0.1) is 0 Å². The fourth-order valence-electron chi connectivity index (χ4n) is 0.999. The second-order valence-corrected chi connectivity index (χ2v) is 3.89. The molecule has 1 N–H and O–H groups in total. The van der Waals surface area contributed by atoms with Crippen LogP contribution in [0.5, 0.6) is 0 Å². The molecular weight excluding hydrogens is 170 g/mol. The van der Waals surface area contributed by atoms with E-state index in [0.717, 1.165) is 11.3 Å². The molecule has 1 atom stereocenters. The fourth-order valence-corrected chi connectivity index (χ4v) is 1.69. The van der Waals surface area contributed by atoms with E-state index < -0.39 is 11.0 Å². The van der Waals surface area contributed by atoms with Crippen molar-refractivity contribution in [2.24, 2.45) is 0 Å². The molecule has 12 heavy (non-hydrogen) atoms. The van der Waals surface area contributed by atoms with Gasteiger partial charge in [0.1, 0.15) is 11.0 Å². The summed E-state index contributed by atoms with van der Waals surface area (Å²) in [5, 5.41) is 0. The minimum absolute atomic E-state index is 0.844. The zero-order chi connectivity index (χ0) is 8.97. The predicted octanol–water partition coefficient (Wildman–Crippen LogP) is 1.49. The molecule has 1 rings (SSSR count). The first-order valence-corrected chi connectivity index (χ1v) is 5.11. The van der Waals surface area contributed by atoms with E-state index in [0.29, 0.717) is 0 Å². The summed E-state index contributed by atoms with van der Waals surface area (Å²) < 4.78 is 14.0. The van der Waals surface area contributed by atoms with Crippen molar-refractivity contribution in [1.82, 2.24) is 4.72 Å². The molecule has 0 saturated carbocycles. The van der Waals surface area contributed by atoms with Gasteiger partial charge in [-0.25, -0.2) is 8.93 Å². The molecule has 0 saturated heterocycles. The molecule has 0 aliphatic carbocycles. The molecule has 1 aromatic carbocycles. The number of benzene rings is 1. The Bertz CT molecular complexity index is 286. The third kappa shape index (κ3) is 2.16. The van der Waals surface area contributed by atoms with Crippen LogP contribution in [0.25, 0.3) is 0 Å². The molecule has 0 aromatic heterocycles. The van der Waals surface area contributed by atoms with Crippen molar-refractivity contribution >= 4 is 11.0 Å². The van der Waals surface area contributed by atoms with Gasteiger partial charge in [-0.2, -0.15) is 0 Å². The van der Waals surface area contributed by atoms with Crippen LogP contribution < -0.4 is 4.72 Å². The van der Waals surface area contributed by atoms with Crippen LogP contribution in [-0.2, 0) is 17.4 Å². The van der Waals surface area contributed by atoms with E-state index in [4.69, 9.17) is 0 Å². The maximum atomic E-state index is 11.3. The van der Waals surface area contributed by atoms with Gasteiger partial charge >= 0.3 is 0 Å². The third-order valence-electron chi connectivity index (χ3n) is 1.71. The average Bonchev–Trinajstić information content (AvgIpc) is 2.17. The Kier molecular flexibility index (Phi) is 3.44. The smallest absolute Gasteiger partial charge is 0.124 e. The van der Waals surface area contributed by atoms with E-state index in [9.17, 15) is 4.21 Å². The van der Waals surface area contributed by atoms with E-state index in [1.54, 1.807) is 7.05 Å². The Morgan fingerprint density at radius 2 is 2.25 bits per heavy atom. The van der Waals surface area contributed by atoms with Gasteiger partial charge in [0.25, 0.3) is 0 Å². The largest absolute Gasteiger partial charge is 0.238 e. The van der Waals surface area contributed by atoms with Crippen molar-refractivity contribution in [1.29, 1.82) is 0 Å². The van der Waals surface area contributed by atoms with Gasteiger partial charge in [-0.3, -0.25) is 0 Å². The van der Waals surface area contributed by atoms with Crippen LogP contribution in [0.1, 0.15) is 12.5 Å². The Balaban J connectivity index is 2.93. The van der Waals surface area contributed by atoms with Crippen LogP contribution >= 0.6 is 0 Å². The summed E-state index contributed by atoms with van der Waals surface area (Å²) in [4.78, 5) is 0.844. The monoisotopic (exact) mass is 183 g/mol. The molecule has 0 radical (unpaired) electrons. The lowest BCUT2D eigenvalue weighted by atomic mass is 10.2. The van der Waals surface area contributed by atoms with E-state index in [1.165, 1.54) is 5.56 Å². The number of aryl methyl sites for hydroxylation is 1. The molecule has 0 fully saturated rings. The fraction of sp³-hybridized carbons (Fsp3) is 0.333. The summed E-state index contributed by atoms with van der Waals surface area (Å²) in [5.74, 6) is 0. The predicted molar refractivity (Wildman–Crippen MR) is 51.3 cm³/mol. The van der Waals surface area contributed by atoms with Crippen LogP contribution in [-0.4, -0.2) is 11.3 Å². The van der Waals surface area contributed by atoms with Crippen molar-refractivity contribution in [3.05, 3.63) is 29.8 Å². The first-order chi connectivity index (χ1) is 5.77. The molecule has 0 aliphatic rings. The minimum Gasteiger partial charge on any atom is -0.238 e. The van der Waals surface area contributed by atoms with Crippen LogP contribution in [0.4, 0.5) is 0 Å². The molecule has 0 amide bonds. The molecule has 1 aromatic rings. The highest BCUT2D eigenvalue weighted by molar-refractivity contribution is 7.83. The first-order valence-electron chi connectivity index (χ1n) is 3.96. The van der Waals surface area contributed by atoms with Gasteiger partial charge in [0.05, 0.1) is 4.90 Å². The number of nitrogens with one attached hydrogen (secondary N) is 1. The standard InChI is InChI=1S/C9H13NOS/c1-3-8-5-4-6-9(7-8)12(11)10-2/h4-7,10H,3H2,1-2H3. The van der Waals surface area contributed by atoms with Gasteiger partial charge in [0, 0.05) is 0 Å². The van der Waals surface area contributed by atoms with E-state index >= 15 is 0 Å². The van der Waals surface area contributed by atoms with E-state index in [-0.39, 0.29) is 0 Å². The highest BCUT2D eigenvalue weighted by Gasteiger charge is 1.99. The Labute approximate surface area is 75.6 Å². The van der Waals surface area contributed by atoms with Gasteiger partial charge in [0.15, 0.2) is 0 Å². The van der Waals surface area contributed by atoms with Crippen molar-refractivity contribution in [3.8, 4) is 0 Å². The maximum Gasteiger partial charge on any atom is 0.124 e.